The van der Waals surface area contributed by atoms with E-state index in [9.17, 15) is 4.79 Å². The van der Waals surface area contributed by atoms with Gasteiger partial charge in [0.25, 0.3) is 5.91 Å². The third-order valence-electron chi connectivity index (χ3n) is 3.52. The summed E-state index contributed by atoms with van der Waals surface area (Å²) in [5.41, 5.74) is 0. The van der Waals surface area contributed by atoms with Crippen molar-refractivity contribution >= 4 is 28.9 Å². The van der Waals surface area contributed by atoms with Crippen LogP contribution >= 0.6 is 11.8 Å². The molecule has 106 valence electrons. The average molecular weight is 291 g/mol. The fourth-order valence-electron chi connectivity index (χ4n) is 2.29. The van der Waals surface area contributed by atoms with Crippen LogP contribution < -0.4 is 0 Å². The number of likely N-dealkylation sites (N-methyl/N-ethyl adjacent to an activating group) is 1. The molecule has 0 unspecified atom stereocenters. The van der Waals surface area contributed by atoms with Crippen LogP contribution in [0.1, 0.15) is 12.7 Å². The second-order valence-electron chi connectivity index (χ2n) is 4.75. The van der Waals surface area contributed by atoms with Crippen LogP contribution in [0.5, 0.6) is 0 Å². The molecule has 5 nitrogen and oxygen atoms in total. The van der Waals surface area contributed by atoms with Gasteiger partial charge in [-0.2, -0.15) is 4.99 Å². The monoisotopic (exact) mass is 291 g/mol. The Morgan fingerprint density at radius 2 is 2.20 bits per heavy atom. The van der Waals surface area contributed by atoms with E-state index in [1.54, 1.807) is 12.3 Å². The molecule has 0 atom stereocenters. The molecule has 0 aliphatic carbocycles. The number of amidine groups is 1. The van der Waals surface area contributed by atoms with Gasteiger partial charge in [-0.15, -0.1) is 0 Å². The largest absolute Gasteiger partial charge is 0.465 e. The lowest BCUT2D eigenvalue weighted by Crippen LogP contribution is -2.47. The zero-order valence-electron chi connectivity index (χ0n) is 11.4. The summed E-state index contributed by atoms with van der Waals surface area (Å²) in [6, 6.07) is 3.64. The first-order valence-electron chi connectivity index (χ1n) is 6.79. The maximum atomic E-state index is 11.9. The smallest absolute Gasteiger partial charge is 0.286 e. The molecule has 2 aliphatic heterocycles. The zero-order valence-corrected chi connectivity index (χ0v) is 12.2. The minimum absolute atomic E-state index is 0.167. The van der Waals surface area contributed by atoms with Gasteiger partial charge in [-0.1, -0.05) is 6.92 Å². The minimum Gasteiger partial charge on any atom is -0.465 e. The van der Waals surface area contributed by atoms with Crippen LogP contribution in [0.4, 0.5) is 0 Å². The van der Waals surface area contributed by atoms with E-state index in [0.29, 0.717) is 10.7 Å². The summed E-state index contributed by atoms with van der Waals surface area (Å²) >= 11 is 1.44. The second-order valence-corrected chi connectivity index (χ2v) is 5.76. The van der Waals surface area contributed by atoms with Crippen molar-refractivity contribution in [3.63, 3.8) is 0 Å². The van der Waals surface area contributed by atoms with Crippen LogP contribution in [-0.2, 0) is 4.79 Å². The Balaban J connectivity index is 1.66. The molecule has 0 aromatic carbocycles. The van der Waals surface area contributed by atoms with Crippen molar-refractivity contribution in [2.24, 2.45) is 4.99 Å². The fourth-order valence-corrected chi connectivity index (χ4v) is 3.24. The van der Waals surface area contributed by atoms with Crippen molar-refractivity contribution in [3.8, 4) is 0 Å². The summed E-state index contributed by atoms with van der Waals surface area (Å²) in [4.78, 5) is 21.3. The lowest BCUT2D eigenvalue weighted by Gasteiger charge is -2.34. The van der Waals surface area contributed by atoms with Gasteiger partial charge in [-0.25, -0.2) is 0 Å². The van der Waals surface area contributed by atoms with E-state index in [0.717, 1.165) is 37.9 Å². The molecule has 1 aromatic rings. The molecule has 3 rings (SSSR count). The number of carbonyl (C=O) groups is 1. The standard InChI is InChI=1S/C14H17N3O2S/c1-2-16-5-7-17(8-6-16)14-15-13(18)12(20-14)10-11-4-3-9-19-11/h3-4,9-10H,2,5-8H2,1H3/b12-10-. The zero-order chi connectivity index (χ0) is 13.9. The average Bonchev–Trinajstić information content (AvgIpc) is 3.10. The molecule has 1 fully saturated rings. The van der Waals surface area contributed by atoms with E-state index >= 15 is 0 Å². The van der Waals surface area contributed by atoms with Crippen LogP contribution in [0.2, 0.25) is 0 Å². The number of furan rings is 1. The number of amides is 1. The Morgan fingerprint density at radius 1 is 1.40 bits per heavy atom. The summed E-state index contributed by atoms with van der Waals surface area (Å²) in [6.07, 6.45) is 3.36. The SMILES string of the molecule is CCN1CCN(C2=NC(=O)/C(=C/c3ccco3)S2)CC1. The Morgan fingerprint density at radius 3 is 2.85 bits per heavy atom. The van der Waals surface area contributed by atoms with E-state index in [-0.39, 0.29) is 5.91 Å². The van der Waals surface area contributed by atoms with Gasteiger partial charge in [0.2, 0.25) is 0 Å². The fraction of sp³-hybridized carbons (Fsp3) is 0.429. The Hall–Kier alpha value is -1.53. The Bertz CT molecular complexity index is 543. The van der Waals surface area contributed by atoms with Crippen molar-refractivity contribution in [3.05, 3.63) is 29.1 Å². The highest BCUT2D eigenvalue weighted by Crippen LogP contribution is 2.30. The number of hydrogen-bond acceptors (Lipinski definition) is 5. The molecule has 1 aromatic heterocycles. The normalized spacial score (nSPS) is 22.6. The van der Waals surface area contributed by atoms with Crippen molar-refractivity contribution in [2.45, 2.75) is 6.92 Å². The van der Waals surface area contributed by atoms with Gasteiger partial charge >= 0.3 is 0 Å². The van der Waals surface area contributed by atoms with E-state index < -0.39 is 0 Å². The van der Waals surface area contributed by atoms with Crippen LogP contribution in [0.25, 0.3) is 6.08 Å². The number of thioether (sulfide) groups is 1. The number of nitrogens with zero attached hydrogens (tertiary/aromatic N) is 3. The highest BCUT2D eigenvalue weighted by atomic mass is 32.2. The van der Waals surface area contributed by atoms with E-state index in [4.69, 9.17) is 4.42 Å². The number of carbonyl (C=O) groups excluding carboxylic acids is 1. The van der Waals surface area contributed by atoms with Crippen LogP contribution in [-0.4, -0.2) is 53.6 Å². The van der Waals surface area contributed by atoms with Crippen molar-refractivity contribution in [2.75, 3.05) is 32.7 Å². The minimum atomic E-state index is -0.167. The molecule has 6 heteroatoms. The first kappa shape index (κ1) is 13.5. The second kappa shape index (κ2) is 5.85. The maximum Gasteiger partial charge on any atom is 0.286 e. The number of aliphatic imine (C=N–C) groups is 1. The van der Waals surface area contributed by atoms with Gasteiger partial charge in [0, 0.05) is 32.3 Å². The quantitative estimate of drug-likeness (QED) is 0.779. The predicted octanol–water partition coefficient (Wildman–Crippen LogP) is 1.89. The highest BCUT2D eigenvalue weighted by Gasteiger charge is 2.28. The van der Waals surface area contributed by atoms with Gasteiger partial charge in [0.1, 0.15) is 5.76 Å². The van der Waals surface area contributed by atoms with Crippen molar-refractivity contribution in [1.29, 1.82) is 0 Å². The first-order chi connectivity index (χ1) is 9.76. The Labute approximate surface area is 122 Å². The third-order valence-corrected chi connectivity index (χ3v) is 4.56. The van der Waals surface area contributed by atoms with Gasteiger partial charge in [-0.05, 0) is 30.4 Å². The molecule has 0 N–H and O–H groups in total. The highest BCUT2D eigenvalue weighted by molar-refractivity contribution is 8.18. The van der Waals surface area contributed by atoms with Crippen molar-refractivity contribution < 1.29 is 9.21 Å². The number of piperazine rings is 1. The number of hydrogen-bond donors (Lipinski definition) is 0. The van der Waals surface area contributed by atoms with E-state index in [2.05, 4.69) is 21.7 Å². The summed E-state index contributed by atoms with van der Waals surface area (Å²) in [7, 11) is 0. The molecule has 20 heavy (non-hydrogen) atoms. The van der Waals surface area contributed by atoms with Gasteiger partial charge in [0.15, 0.2) is 5.17 Å². The summed E-state index contributed by atoms with van der Waals surface area (Å²) in [5.74, 6) is 0.521. The van der Waals surface area contributed by atoms with Crippen LogP contribution in [0.3, 0.4) is 0 Å². The maximum absolute atomic E-state index is 11.9. The van der Waals surface area contributed by atoms with Crippen LogP contribution in [0.15, 0.2) is 32.7 Å². The van der Waals surface area contributed by atoms with E-state index in [1.807, 2.05) is 12.1 Å². The topological polar surface area (TPSA) is 49.0 Å². The molecule has 0 saturated carbocycles. The molecular formula is C14H17N3O2S. The van der Waals surface area contributed by atoms with E-state index in [1.165, 1.54) is 11.8 Å². The summed E-state index contributed by atoms with van der Waals surface area (Å²) in [6.45, 7) is 7.17. The predicted molar refractivity (Wildman–Crippen MR) is 80.4 cm³/mol. The van der Waals surface area contributed by atoms with Gasteiger partial charge < -0.3 is 14.2 Å². The Kier molecular flexibility index (Phi) is 3.93. The molecule has 0 radical (unpaired) electrons. The molecule has 0 bridgehead atoms. The molecule has 2 aliphatic rings. The lowest BCUT2D eigenvalue weighted by atomic mass is 10.3. The third kappa shape index (κ3) is 2.81. The van der Waals surface area contributed by atoms with Gasteiger partial charge in [-0.3, -0.25) is 4.79 Å². The van der Waals surface area contributed by atoms with Crippen LogP contribution in [0, 0.1) is 0 Å². The van der Waals surface area contributed by atoms with Crippen molar-refractivity contribution in [1.82, 2.24) is 9.80 Å². The first-order valence-corrected chi connectivity index (χ1v) is 7.61. The molecule has 1 amide bonds. The molecule has 1 saturated heterocycles. The summed E-state index contributed by atoms with van der Waals surface area (Å²) in [5, 5.41) is 0.823. The molecular weight excluding hydrogens is 274 g/mol. The lowest BCUT2D eigenvalue weighted by molar-refractivity contribution is -0.113. The molecule has 0 spiro atoms. The number of rotatable bonds is 2. The molecule has 3 heterocycles. The summed E-state index contributed by atoms with van der Waals surface area (Å²) < 4.78 is 5.24. The van der Waals surface area contributed by atoms with Gasteiger partial charge in [0.05, 0.1) is 11.2 Å².